The molecular weight excluding hydrogens is 282 g/mol. The van der Waals surface area contributed by atoms with Gasteiger partial charge < -0.3 is 15.4 Å². The second-order valence-corrected chi connectivity index (χ2v) is 5.38. The van der Waals surface area contributed by atoms with Crippen molar-refractivity contribution in [2.75, 3.05) is 30.4 Å². The summed E-state index contributed by atoms with van der Waals surface area (Å²) < 4.78 is 5.20. The highest BCUT2D eigenvalue weighted by Gasteiger charge is 2.31. The quantitative estimate of drug-likeness (QED) is 0.786. The third-order valence-electron chi connectivity index (χ3n) is 3.66. The second kappa shape index (κ2) is 7.15. The summed E-state index contributed by atoms with van der Waals surface area (Å²) in [5, 5.41) is 5.98. The average molecular weight is 305 g/mol. The summed E-state index contributed by atoms with van der Waals surface area (Å²) in [5.74, 6) is 0.459. The Morgan fingerprint density at radius 2 is 2.23 bits per heavy atom. The minimum atomic E-state index is -0.372. The summed E-state index contributed by atoms with van der Waals surface area (Å²) in [7, 11) is 1.60. The Balaban J connectivity index is 2.16. The minimum absolute atomic E-state index is 0.0356. The van der Waals surface area contributed by atoms with Gasteiger partial charge in [0.1, 0.15) is 18.3 Å². The van der Waals surface area contributed by atoms with E-state index < -0.39 is 0 Å². The van der Waals surface area contributed by atoms with E-state index in [4.69, 9.17) is 4.74 Å². The van der Waals surface area contributed by atoms with Gasteiger partial charge in [0.25, 0.3) is 0 Å². The Labute approximate surface area is 130 Å². The van der Waals surface area contributed by atoms with Gasteiger partial charge in [0.2, 0.25) is 11.8 Å². The fourth-order valence-electron chi connectivity index (χ4n) is 2.41. The maximum absolute atomic E-state index is 12.4. The maximum Gasteiger partial charge on any atom is 0.249 e. The first kappa shape index (κ1) is 16.1. The molecule has 0 aromatic heterocycles. The number of unbranched alkanes of at least 4 members (excludes halogenated alkanes) is 1. The molecule has 1 unspecified atom stereocenters. The minimum Gasteiger partial charge on any atom is -0.497 e. The number of carbonyl (C=O) groups excluding carboxylic acids is 2. The number of carbonyl (C=O) groups is 2. The van der Waals surface area contributed by atoms with Crippen molar-refractivity contribution < 1.29 is 14.3 Å². The fourth-order valence-corrected chi connectivity index (χ4v) is 2.41. The van der Waals surface area contributed by atoms with Gasteiger partial charge in [-0.05, 0) is 25.5 Å². The summed E-state index contributed by atoms with van der Waals surface area (Å²) in [6, 6.07) is 5.04. The molecule has 0 spiro atoms. The molecule has 2 N–H and O–H groups in total. The number of hydrogen-bond donors (Lipinski definition) is 2. The first-order valence-corrected chi connectivity index (χ1v) is 7.59. The van der Waals surface area contributed by atoms with E-state index in [2.05, 4.69) is 17.6 Å². The molecule has 0 radical (unpaired) electrons. The number of nitrogens with zero attached hydrogens (tertiary/aromatic N) is 1. The summed E-state index contributed by atoms with van der Waals surface area (Å²) in [5.41, 5.74) is 1.50. The van der Waals surface area contributed by atoms with Gasteiger partial charge in [0.05, 0.1) is 18.5 Å². The summed E-state index contributed by atoms with van der Waals surface area (Å²) in [4.78, 5) is 25.9. The lowest BCUT2D eigenvalue weighted by Crippen LogP contribution is -2.49. The largest absolute Gasteiger partial charge is 0.497 e. The normalized spacial score (nSPS) is 16.8. The summed E-state index contributed by atoms with van der Waals surface area (Å²) in [6.07, 6.45) is 1.96. The molecular formula is C16H23N3O3. The Kier molecular flexibility index (Phi) is 5.25. The standard InChI is InChI=1S/C16H23N3O3/c1-4-5-8-17-15(20)10-19-14-7-6-12(22-3)9-13(14)18-11(2)16(19)21/h6-7,9,11,18H,4-5,8,10H2,1-3H3,(H,17,20). The number of rotatable bonds is 6. The van der Waals surface area contributed by atoms with Crippen molar-refractivity contribution in [2.24, 2.45) is 0 Å². The molecule has 1 aromatic rings. The highest BCUT2D eigenvalue weighted by Crippen LogP contribution is 2.34. The Bertz CT molecular complexity index is 560. The van der Waals surface area contributed by atoms with E-state index in [1.807, 2.05) is 6.07 Å². The van der Waals surface area contributed by atoms with Crippen molar-refractivity contribution in [3.63, 3.8) is 0 Å². The highest BCUT2D eigenvalue weighted by atomic mass is 16.5. The van der Waals surface area contributed by atoms with Crippen LogP contribution in [0.2, 0.25) is 0 Å². The number of fused-ring (bicyclic) bond motifs is 1. The molecule has 1 heterocycles. The van der Waals surface area contributed by atoms with Crippen LogP contribution in [0.4, 0.5) is 11.4 Å². The molecule has 1 aliphatic rings. The van der Waals surface area contributed by atoms with Gasteiger partial charge in [-0.1, -0.05) is 13.3 Å². The van der Waals surface area contributed by atoms with Crippen LogP contribution in [0.25, 0.3) is 0 Å². The van der Waals surface area contributed by atoms with Crippen LogP contribution in [0.3, 0.4) is 0 Å². The number of methoxy groups -OCH3 is 1. The van der Waals surface area contributed by atoms with Gasteiger partial charge in [0, 0.05) is 12.6 Å². The maximum atomic E-state index is 12.4. The van der Waals surface area contributed by atoms with Crippen LogP contribution in [0.1, 0.15) is 26.7 Å². The predicted octanol–water partition coefficient (Wildman–Crippen LogP) is 1.76. The lowest BCUT2D eigenvalue weighted by molar-refractivity contribution is -0.124. The van der Waals surface area contributed by atoms with Crippen molar-refractivity contribution in [2.45, 2.75) is 32.7 Å². The highest BCUT2D eigenvalue weighted by molar-refractivity contribution is 6.07. The first-order chi connectivity index (χ1) is 10.6. The van der Waals surface area contributed by atoms with E-state index in [9.17, 15) is 9.59 Å². The Hall–Kier alpha value is -2.24. The molecule has 0 aliphatic carbocycles. The van der Waals surface area contributed by atoms with Gasteiger partial charge in [0.15, 0.2) is 0 Å². The van der Waals surface area contributed by atoms with Crippen molar-refractivity contribution in [1.29, 1.82) is 0 Å². The fraction of sp³-hybridized carbons (Fsp3) is 0.500. The number of hydrogen-bond acceptors (Lipinski definition) is 4. The number of nitrogens with one attached hydrogen (secondary N) is 2. The molecule has 6 nitrogen and oxygen atoms in total. The van der Waals surface area contributed by atoms with Crippen molar-refractivity contribution in [1.82, 2.24) is 5.32 Å². The number of benzene rings is 1. The Morgan fingerprint density at radius 1 is 1.45 bits per heavy atom. The zero-order valence-corrected chi connectivity index (χ0v) is 13.3. The molecule has 0 bridgehead atoms. The van der Waals surface area contributed by atoms with E-state index in [0.29, 0.717) is 18.0 Å². The lowest BCUT2D eigenvalue weighted by Gasteiger charge is -2.33. The third-order valence-corrected chi connectivity index (χ3v) is 3.66. The van der Waals surface area contributed by atoms with Crippen molar-refractivity contribution in [3.8, 4) is 5.75 Å². The van der Waals surface area contributed by atoms with Crippen LogP contribution in [-0.2, 0) is 9.59 Å². The zero-order chi connectivity index (χ0) is 16.1. The van der Waals surface area contributed by atoms with Gasteiger partial charge in [-0.2, -0.15) is 0 Å². The molecule has 2 rings (SSSR count). The smallest absolute Gasteiger partial charge is 0.249 e. The Morgan fingerprint density at radius 3 is 2.91 bits per heavy atom. The van der Waals surface area contributed by atoms with E-state index in [1.165, 1.54) is 4.90 Å². The zero-order valence-electron chi connectivity index (χ0n) is 13.3. The monoisotopic (exact) mass is 305 g/mol. The van der Waals surface area contributed by atoms with E-state index in [0.717, 1.165) is 18.5 Å². The second-order valence-electron chi connectivity index (χ2n) is 5.38. The summed E-state index contributed by atoms with van der Waals surface area (Å²) >= 11 is 0. The SMILES string of the molecule is CCCCNC(=O)CN1C(=O)C(C)Nc2cc(OC)ccc21. The molecule has 2 amide bonds. The molecule has 6 heteroatoms. The van der Waals surface area contributed by atoms with E-state index >= 15 is 0 Å². The van der Waals surface area contributed by atoms with Crippen LogP contribution in [-0.4, -0.2) is 38.1 Å². The topological polar surface area (TPSA) is 70.7 Å². The summed E-state index contributed by atoms with van der Waals surface area (Å²) in [6.45, 7) is 4.53. The van der Waals surface area contributed by atoms with Gasteiger partial charge in [-0.3, -0.25) is 14.5 Å². The number of amides is 2. The van der Waals surface area contributed by atoms with E-state index in [1.54, 1.807) is 26.2 Å². The molecule has 0 fully saturated rings. The van der Waals surface area contributed by atoms with Crippen LogP contribution in [0.5, 0.6) is 5.75 Å². The lowest BCUT2D eigenvalue weighted by atomic mass is 10.1. The van der Waals surface area contributed by atoms with Crippen LogP contribution in [0.15, 0.2) is 18.2 Å². The molecule has 22 heavy (non-hydrogen) atoms. The molecule has 0 saturated heterocycles. The number of ether oxygens (including phenoxy) is 1. The van der Waals surface area contributed by atoms with Crippen LogP contribution in [0, 0.1) is 0 Å². The van der Waals surface area contributed by atoms with Crippen molar-refractivity contribution >= 4 is 23.2 Å². The molecule has 1 atom stereocenters. The van der Waals surface area contributed by atoms with Gasteiger partial charge in [-0.15, -0.1) is 0 Å². The molecule has 1 aromatic carbocycles. The van der Waals surface area contributed by atoms with Gasteiger partial charge in [-0.25, -0.2) is 0 Å². The molecule has 0 saturated carbocycles. The van der Waals surface area contributed by atoms with Gasteiger partial charge >= 0.3 is 0 Å². The molecule has 120 valence electrons. The van der Waals surface area contributed by atoms with Crippen LogP contribution >= 0.6 is 0 Å². The van der Waals surface area contributed by atoms with E-state index in [-0.39, 0.29) is 24.4 Å². The predicted molar refractivity (Wildman–Crippen MR) is 86.3 cm³/mol. The molecule has 1 aliphatic heterocycles. The van der Waals surface area contributed by atoms with Crippen molar-refractivity contribution in [3.05, 3.63) is 18.2 Å². The number of anilines is 2. The average Bonchev–Trinajstić information content (AvgIpc) is 2.51. The third kappa shape index (κ3) is 3.50. The first-order valence-electron chi connectivity index (χ1n) is 7.59. The van der Waals surface area contributed by atoms with Crippen LogP contribution < -0.4 is 20.3 Å².